The Hall–Kier alpha value is -2.29. The Bertz CT molecular complexity index is 765. The van der Waals surface area contributed by atoms with Crippen LogP contribution in [0.2, 0.25) is 0 Å². The van der Waals surface area contributed by atoms with Crippen LogP contribution in [-0.4, -0.2) is 35.8 Å². The van der Waals surface area contributed by atoms with Gasteiger partial charge in [0.1, 0.15) is 0 Å². The molecular formula is C22H24N2O2S. The van der Waals surface area contributed by atoms with Crippen LogP contribution in [0.25, 0.3) is 0 Å². The highest BCUT2D eigenvalue weighted by Gasteiger charge is 2.22. The zero-order valence-electron chi connectivity index (χ0n) is 15.3. The number of carbonyl (C=O) groups is 1. The highest BCUT2D eigenvalue weighted by molar-refractivity contribution is 7.99. The number of hydrogen-bond donors (Lipinski definition) is 0. The average molecular weight is 381 g/mol. The fourth-order valence-corrected chi connectivity index (χ4v) is 4.00. The van der Waals surface area contributed by atoms with E-state index in [9.17, 15) is 4.79 Å². The third kappa shape index (κ3) is 6.13. The molecule has 5 heteroatoms. The first-order chi connectivity index (χ1) is 13.2. The number of rotatable bonds is 8. The molecule has 0 radical (unpaired) electrons. The molecule has 0 bridgehead atoms. The highest BCUT2D eigenvalue weighted by Crippen LogP contribution is 2.18. The summed E-state index contributed by atoms with van der Waals surface area (Å²) in [5.41, 5.74) is 2.92. The van der Waals surface area contributed by atoms with Crippen molar-refractivity contribution in [1.29, 1.82) is 5.26 Å². The van der Waals surface area contributed by atoms with Crippen molar-refractivity contribution in [2.45, 2.75) is 31.2 Å². The van der Waals surface area contributed by atoms with Crippen molar-refractivity contribution in [3.05, 3.63) is 71.3 Å². The molecule has 2 aromatic carbocycles. The van der Waals surface area contributed by atoms with E-state index >= 15 is 0 Å². The Morgan fingerprint density at radius 1 is 1.15 bits per heavy atom. The number of carbonyl (C=O) groups excluding carboxylic acids is 1. The molecule has 2 aromatic rings. The van der Waals surface area contributed by atoms with Gasteiger partial charge in [0.2, 0.25) is 5.91 Å². The van der Waals surface area contributed by atoms with Crippen LogP contribution in [0.15, 0.2) is 54.6 Å². The summed E-state index contributed by atoms with van der Waals surface area (Å²) in [7, 11) is 0. The average Bonchev–Trinajstić information content (AvgIpc) is 3.22. The Morgan fingerprint density at radius 2 is 1.93 bits per heavy atom. The van der Waals surface area contributed by atoms with E-state index in [1.54, 1.807) is 11.8 Å². The second-order valence-electron chi connectivity index (χ2n) is 6.70. The van der Waals surface area contributed by atoms with Crippen LogP contribution in [-0.2, 0) is 21.8 Å². The van der Waals surface area contributed by atoms with Crippen molar-refractivity contribution in [2.24, 2.45) is 0 Å². The molecule has 1 unspecified atom stereocenters. The molecule has 0 N–H and O–H groups in total. The number of ether oxygens (including phenoxy) is 1. The molecule has 0 spiro atoms. The lowest BCUT2D eigenvalue weighted by Gasteiger charge is -2.25. The van der Waals surface area contributed by atoms with Gasteiger partial charge in [-0.15, -0.1) is 11.8 Å². The van der Waals surface area contributed by atoms with Gasteiger partial charge in [-0.3, -0.25) is 4.79 Å². The van der Waals surface area contributed by atoms with Gasteiger partial charge in [-0.2, -0.15) is 5.26 Å². The molecule has 1 aliphatic rings. The summed E-state index contributed by atoms with van der Waals surface area (Å²) < 4.78 is 5.74. The molecule has 0 aliphatic carbocycles. The van der Waals surface area contributed by atoms with Crippen LogP contribution in [0, 0.1) is 11.3 Å². The minimum atomic E-state index is 0.146. The molecular weight excluding hydrogens is 356 g/mol. The number of benzene rings is 2. The molecule has 3 rings (SSSR count). The summed E-state index contributed by atoms with van der Waals surface area (Å²) in [5, 5.41) is 8.86. The van der Waals surface area contributed by atoms with Crippen LogP contribution in [0.3, 0.4) is 0 Å². The minimum Gasteiger partial charge on any atom is -0.376 e. The standard InChI is InChI=1S/C22H24N2O2S/c23-13-18-8-10-20(11-9-18)16-27-17-22(25)24(15-21-7-4-12-26-21)14-19-5-2-1-3-6-19/h1-3,5-6,8-11,21H,4,7,12,14-17H2. The van der Waals surface area contributed by atoms with Crippen molar-refractivity contribution < 1.29 is 9.53 Å². The van der Waals surface area contributed by atoms with E-state index in [0.717, 1.165) is 36.3 Å². The number of nitriles is 1. The third-order valence-electron chi connectivity index (χ3n) is 4.59. The maximum Gasteiger partial charge on any atom is 0.232 e. The van der Waals surface area contributed by atoms with Gasteiger partial charge in [0.15, 0.2) is 0 Å². The van der Waals surface area contributed by atoms with Gasteiger partial charge in [-0.25, -0.2) is 0 Å². The first-order valence-corrected chi connectivity index (χ1v) is 10.4. The van der Waals surface area contributed by atoms with Gasteiger partial charge < -0.3 is 9.64 Å². The second-order valence-corrected chi connectivity index (χ2v) is 7.68. The Balaban J connectivity index is 1.55. The quantitative estimate of drug-likeness (QED) is 0.695. The van der Waals surface area contributed by atoms with E-state index in [1.807, 2.05) is 47.4 Å². The SMILES string of the molecule is N#Cc1ccc(CSCC(=O)N(Cc2ccccc2)CC2CCCO2)cc1. The number of amides is 1. The fourth-order valence-electron chi connectivity index (χ4n) is 3.12. The Morgan fingerprint density at radius 3 is 2.59 bits per heavy atom. The van der Waals surface area contributed by atoms with E-state index in [2.05, 4.69) is 18.2 Å². The fraction of sp³-hybridized carbons (Fsp3) is 0.364. The molecule has 1 amide bonds. The Kier molecular flexibility index (Phi) is 7.32. The second kappa shape index (κ2) is 10.1. The Labute approximate surface area is 165 Å². The van der Waals surface area contributed by atoms with Crippen molar-refractivity contribution in [2.75, 3.05) is 18.9 Å². The molecule has 4 nitrogen and oxygen atoms in total. The minimum absolute atomic E-state index is 0.146. The van der Waals surface area contributed by atoms with Gasteiger partial charge in [-0.1, -0.05) is 42.5 Å². The zero-order chi connectivity index (χ0) is 18.9. The molecule has 1 saturated heterocycles. The van der Waals surface area contributed by atoms with E-state index < -0.39 is 0 Å². The van der Waals surface area contributed by atoms with Crippen molar-refractivity contribution >= 4 is 17.7 Å². The lowest BCUT2D eigenvalue weighted by Crippen LogP contribution is -2.38. The molecule has 1 fully saturated rings. The van der Waals surface area contributed by atoms with Gasteiger partial charge in [-0.05, 0) is 36.1 Å². The lowest BCUT2D eigenvalue weighted by molar-refractivity contribution is -0.130. The molecule has 1 aliphatic heterocycles. The maximum absolute atomic E-state index is 12.8. The van der Waals surface area contributed by atoms with E-state index in [0.29, 0.717) is 24.4 Å². The molecule has 1 atom stereocenters. The molecule has 1 heterocycles. The van der Waals surface area contributed by atoms with Crippen molar-refractivity contribution in [3.63, 3.8) is 0 Å². The van der Waals surface area contributed by atoms with Gasteiger partial charge in [0.25, 0.3) is 0 Å². The maximum atomic E-state index is 12.8. The number of thioether (sulfide) groups is 1. The molecule has 0 aromatic heterocycles. The highest BCUT2D eigenvalue weighted by atomic mass is 32.2. The van der Waals surface area contributed by atoms with Crippen molar-refractivity contribution in [3.8, 4) is 6.07 Å². The van der Waals surface area contributed by atoms with Gasteiger partial charge in [0, 0.05) is 25.4 Å². The summed E-state index contributed by atoms with van der Waals surface area (Å²) in [6.45, 7) is 2.08. The van der Waals surface area contributed by atoms with Gasteiger partial charge >= 0.3 is 0 Å². The first-order valence-electron chi connectivity index (χ1n) is 9.24. The van der Waals surface area contributed by atoms with E-state index in [-0.39, 0.29) is 12.0 Å². The molecule has 0 saturated carbocycles. The first kappa shape index (κ1) is 19.5. The van der Waals surface area contributed by atoms with Gasteiger partial charge in [0.05, 0.1) is 23.5 Å². The van der Waals surface area contributed by atoms with E-state index in [4.69, 9.17) is 10.00 Å². The largest absolute Gasteiger partial charge is 0.376 e. The smallest absolute Gasteiger partial charge is 0.232 e. The normalized spacial score (nSPS) is 16.0. The number of nitrogens with zero attached hydrogens (tertiary/aromatic N) is 2. The monoisotopic (exact) mass is 380 g/mol. The van der Waals surface area contributed by atoms with Crippen LogP contribution >= 0.6 is 11.8 Å². The summed E-state index contributed by atoms with van der Waals surface area (Å²) in [5.74, 6) is 1.35. The third-order valence-corrected chi connectivity index (χ3v) is 5.58. The predicted octanol–water partition coefficient (Wildman–Crippen LogP) is 4.00. The number of hydrogen-bond acceptors (Lipinski definition) is 4. The molecule has 27 heavy (non-hydrogen) atoms. The van der Waals surface area contributed by atoms with E-state index in [1.165, 1.54) is 0 Å². The van der Waals surface area contributed by atoms with Crippen LogP contribution in [0.1, 0.15) is 29.5 Å². The summed E-state index contributed by atoms with van der Waals surface area (Å²) in [6.07, 6.45) is 2.25. The predicted molar refractivity (Wildman–Crippen MR) is 108 cm³/mol. The van der Waals surface area contributed by atoms with Crippen LogP contribution in [0.4, 0.5) is 0 Å². The summed E-state index contributed by atoms with van der Waals surface area (Å²) in [6, 6.07) is 19.8. The van der Waals surface area contributed by atoms with Crippen LogP contribution < -0.4 is 0 Å². The topological polar surface area (TPSA) is 53.3 Å². The summed E-state index contributed by atoms with van der Waals surface area (Å²) in [4.78, 5) is 14.8. The summed E-state index contributed by atoms with van der Waals surface area (Å²) >= 11 is 1.61. The molecule has 140 valence electrons. The lowest BCUT2D eigenvalue weighted by atomic mass is 10.2. The zero-order valence-corrected chi connectivity index (χ0v) is 16.2. The van der Waals surface area contributed by atoms with Crippen molar-refractivity contribution in [1.82, 2.24) is 4.90 Å². The van der Waals surface area contributed by atoms with Crippen LogP contribution in [0.5, 0.6) is 0 Å².